The number of ketones is 1. The molecule has 0 unspecified atom stereocenters. The molecule has 2 rings (SSSR count). The molecular formula is C14H16N2O3S. The third kappa shape index (κ3) is 2.89. The van der Waals surface area contributed by atoms with Crippen LogP contribution in [0.3, 0.4) is 0 Å². The van der Waals surface area contributed by atoms with Gasteiger partial charge in [0.15, 0.2) is 0 Å². The van der Waals surface area contributed by atoms with Gasteiger partial charge in [-0.15, -0.1) is 0 Å². The summed E-state index contributed by atoms with van der Waals surface area (Å²) in [6.07, 6.45) is 2.03. The summed E-state index contributed by atoms with van der Waals surface area (Å²) in [6.45, 7) is 0. The number of nitriles is 1. The second-order valence-corrected chi connectivity index (χ2v) is 6.92. The molecule has 1 aliphatic carbocycles. The average Bonchev–Trinajstić information content (AvgIpc) is 2.47. The number of sulfonamides is 1. The van der Waals surface area contributed by atoms with Crippen molar-refractivity contribution in [2.24, 2.45) is 0 Å². The fourth-order valence-electron chi connectivity index (χ4n) is 2.35. The molecule has 0 amide bonds. The second-order valence-electron chi connectivity index (χ2n) is 4.93. The highest BCUT2D eigenvalue weighted by Gasteiger charge is 2.30. The Labute approximate surface area is 118 Å². The van der Waals surface area contributed by atoms with E-state index in [0.29, 0.717) is 31.2 Å². The minimum Gasteiger partial charge on any atom is -0.300 e. The van der Waals surface area contributed by atoms with E-state index in [1.54, 1.807) is 7.05 Å². The molecule has 106 valence electrons. The number of benzene rings is 1. The number of hydrogen-bond acceptors (Lipinski definition) is 4. The highest BCUT2D eigenvalue weighted by molar-refractivity contribution is 7.89. The molecule has 0 N–H and O–H groups in total. The zero-order chi connectivity index (χ0) is 14.8. The number of hydrogen-bond donors (Lipinski definition) is 0. The van der Waals surface area contributed by atoms with E-state index in [1.807, 2.05) is 6.07 Å². The molecule has 0 saturated heterocycles. The topological polar surface area (TPSA) is 78.2 Å². The van der Waals surface area contributed by atoms with Crippen molar-refractivity contribution in [2.45, 2.75) is 36.6 Å². The Morgan fingerprint density at radius 1 is 1.20 bits per heavy atom. The molecule has 1 aromatic rings. The lowest BCUT2D eigenvalue weighted by Crippen LogP contribution is -2.39. The van der Waals surface area contributed by atoms with Gasteiger partial charge in [-0.05, 0) is 37.1 Å². The predicted molar refractivity (Wildman–Crippen MR) is 73.4 cm³/mol. The maximum Gasteiger partial charge on any atom is 0.243 e. The summed E-state index contributed by atoms with van der Waals surface area (Å²) in [6, 6.07) is 7.69. The summed E-state index contributed by atoms with van der Waals surface area (Å²) >= 11 is 0. The van der Waals surface area contributed by atoms with Crippen molar-refractivity contribution >= 4 is 15.8 Å². The average molecular weight is 292 g/mol. The first-order valence-electron chi connectivity index (χ1n) is 6.45. The van der Waals surface area contributed by atoms with Gasteiger partial charge >= 0.3 is 0 Å². The number of rotatable bonds is 3. The van der Waals surface area contributed by atoms with Gasteiger partial charge in [-0.3, -0.25) is 4.79 Å². The van der Waals surface area contributed by atoms with E-state index in [4.69, 9.17) is 5.26 Å². The van der Waals surface area contributed by atoms with Crippen molar-refractivity contribution in [3.63, 3.8) is 0 Å². The van der Waals surface area contributed by atoms with Crippen LogP contribution in [-0.4, -0.2) is 31.6 Å². The molecule has 0 aromatic heterocycles. The number of carbonyl (C=O) groups excluding carboxylic acids is 1. The molecule has 1 aromatic carbocycles. The van der Waals surface area contributed by atoms with Gasteiger partial charge in [0, 0.05) is 25.9 Å². The van der Waals surface area contributed by atoms with Crippen LogP contribution in [0.4, 0.5) is 0 Å². The molecule has 20 heavy (non-hydrogen) atoms. The number of Topliss-reactive ketones (excluding diaryl/α,β-unsaturated/α-hetero) is 1. The predicted octanol–water partition coefficient (Wildman–Crippen LogP) is 1.69. The van der Waals surface area contributed by atoms with E-state index in [1.165, 1.54) is 28.6 Å². The van der Waals surface area contributed by atoms with Crippen LogP contribution in [-0.2, 0) is 14.8 Å². The summed E-state index contributed by atoms with van der Waals surface area (Å²) < 4.78 is 26.3. The Balaban J connectivity index is 2.20. The molecule has 1 aliphatic rings. The first kappa shape index (κ1) is 14.7. The third-order valence-corrected chi connectivity index (χ3v) is 5.61. The van der Waals surface area contributed by atoms with Crippen LogP contribution >= 0.6 is 0 Å². The third-order valence-electron chi connectivity index (χ3n) is 3.69. The van der Waals surface area contributed by atoms with Crippen LogP contribution in [0.5, 0.6) is 0 Å². The van der Waals surface area contributed by atoms with Gasteiger partial charge < -0.3 is 0 Å². The van der Waals surface area contributed by atoms with E-state index < -0.39 is 10.0 Å². The molecule has 0 aliphatic heterocycles. The largest absolute Gasteiger partial charge is 0.300 e. The van der Waals surface area contributed by atoms with E-state index in [9.17, 15) is 13.2 Å². The lowest BCUT2D eigenvalue weighted by Gasteiger charge is -2.29. The van der Waals surface area contributed by atoms with Crippen molar-refractivity contribution in [3.05, 3.63) is 29.8 Å². The lowest BCUT2D eigenvalue weighted by atomic mass is 9.95. The molecule has 6 heteroatoms. The molecule has 0 radical (unpaired) electrons. The standard InChI is InChI=1S/C14H16N2O3S/c1-16(12-4-6-13(17)7-5-12)20(18,19)14-8-2-11(10-15)3-9-14/h2-3,8-9,12H,4-7H2,1H3. The summed E-state index contributed by atoms with van der Waals surface area (Å²) in [5.41, 5.74) is 0.426. The molecule has 0 atom stereocenters. The van der Waals surface area contributed by atoms with Gasteiger partial charge in [-0.2, -0.15) is 9.57 Å². The molecule has 5 nitrogen and oxygen atoms in total. The van der Waals surface area contributed by atoms with Crippen molar-refractivity contribution in [2.75, 3.05) is 7.05 Å². The van der Waals surface area contributed by atoms with E-state index in [0.717, 1.165) is 0 Å². The van der Waals surface area contributed by atoms with Crippen molar-refractivity contribution < 1.29 is 13.2 Å². The SMILES string of the molecule is CN(C1CCC(=O)CC1)S(=O)(=O)c1ccc(C#N)cc1. The van der Waals surface area contributed by atoms with Crippen molar-refractivity contribution in [1.29, 1.82) is 5.26 Å². The maximum atomic E-state index is 12.5. The van der Waals surface area contributed by atoms with Crippen LogP contribution in [0.2, 0.25) is 0 Å². The van der Waals surface area contributed by atoms with E-state index >= 15 is 0 Å². The van der Waals surface area contributed by atoms with Crippen LogP contribution in [0, 0.1) is 11.3 Å². The normalized spacial score (nSPS) is 17.1. The molecule has 1 fully saturated rings. The van der Waals surface area contributed by atoms with Crippen LogP contribution < -0.4 is 0 Å². The van der Waals surface area contributed by atoms with Gasteiger partial charge in [-0.25, -0.2) is 8.42 Å². The van der Waals surface area contributed by atoms with Gasteiger partial charge in [0.1, 0.15) is 5.78 Å². The molecule has 1 saturated carbocycles. The number of nitrogens with zero attached hydrogens (tertiary/aromatic N) is 2. The second kappa shape index (κ2) is 5.73. The van der Waals surface area contributed by atoms with Crippen LogP contribution in [0.1, 0.15) is 31.2 Å². The van der Waals surface area contributed by atoms with E-state index in [2.05, 4.69) is 0 Å². The zero-order valence-corrected chi connectivity index (χ0v) is 12.1. The first-order valence-corrected chi connectivity index (χ1v) is 7.89. The summed E-state index contributed by atoms with van der Waals surface area (Å²) in [5, 5.41) is 8.73. The Morgan fingerprint density at radius 2 is 1.75 bits per heavy atom. The molecule has 0 spiro atoms. The fourth-order valence-corrected chi connectivity index (χ4v) is 3.77. The smallest absolute Gasteiger partial charge is 0.243 e. The molecule has 0 heterocycles. The monoisotopic (exact) mass is 292 g/mol. The van der Waals surface area contributed by atoms with Gasteiger partial charge in [-0.1, -0.05) is 0 Å². The fraction of sp³-hybridized carbons (Fsp3) is 0.429. The summed E-state index contributed by atoms with van der Waals surface area (Å²) in [7, 11) is -2.02. The Hall–Kier alpha value is -1.71. The lowest BCUT2D eigenvalue weighted by molar-refractivity contribution is -0.120. The van der Waals surface area contributed by atoms with Gasteiger partial charge in [0.05, 0.1) is 16.5 Å². The highest BCUT2D eigenvalue weighted by atomic mass is 32.2. The van der Waals surface area contributed by atoms with E-state index in [-0.39, 0.29) is 16.7 Å². The zero-order valence-electron chi connectivity index (χ0n) is 11.2. The molecular weight excluding hydrogens is 276 g/mol. The Kier molecular flexibility index (Phi) is 4.21. The minimum absolute atomic E-state index is 0.131. The summed E-state index contributed by atoms with van der Waals surface area (Å²) in [4.78, 5) is 11.4. The van der Waals surface area contributed by atoms with Crippen molar-refractivity contribution in [3.8, 4) is 6.07 Å². The quantitative estimate of drug-likeness (QED) is 0.849. The summed E-state index contributed by atoms with van der Waals surface area (Å²) in [5.74, 6) is 0.199. The highest BCUT2D eigenvalue weighted by Crippen LogP contribution is 2.25. The van der Waals surface area contributed by atoms with Gasteiger partial charge in [0.2, 0.25) is 10.0 Å². The van der Waals surface area contributed by atoms with Crippen molar-refractivity contribution in [1.82, 2.24) is 4.31 Å². The van der Waals surface area contributed by atoms with Crippen LogP contribution in [0.15, 0.2) is 29.2 Å². The first-order chi connectivity index (χ1) is 9.45. The van der Waals surface area contributed by atoms with Crippen LogP contribution in [0.25, 0.3) is 0 Å². The Morgan fingerprint density at radius 3 is 2.25 bits per heavy atom. The molecule has 0 bridgehead atoms. The Bertz CT molecular complexity index is 634. The van der Waals surface area contributed by atoms with Gasteiger partial charge in [0.25, 0.3) is 0 Å². The minimum atomic E-state index is -3.57. The maximum absolute atomic E-state index is 12.5. The number of carbonyl (C=O) groups is 1.